The first-order chi connectivity index (χ1) is 22.0. The van der Waals surface area contributed by atoms with Crippen molar-refractivity contribution in [2.75, 3.05) is 0 Å². The molecular weight excluding hydrogens is 573 g/mol. The largest absolute Gasteiger partial charge is 0.294 e. The number of hydrogen-bond donors (Lipinski definition) is 0. The third-order valence-corrected chi connectivity index (χ3v) is 11.4. The normalized spacial score (nSPS) is 15.0. The van der Waals surface area contributed by atoms with Gasteiger partial charge in [0.2, 0.25) is 9.84 Å². The van der Waals surface area contributed by atoms with Crippen LogP contribution in [-0.2, 0) is 21.7 Å². The van der Waals surface area contributed by atoms with Gasteiger partial charge < -0.3 is 0 Å². The Hall–Kier alpha value is -5.26. The summed E-state index contributed by atoms with van der Waals surface area (Å²) in [6, 6.07) is 47.9. The first-order valence-electron chi connectivity index (χ1n) is 15.3. The highest BCUT2D eigenvalue weighted by atomic mass is 32.2. The molecule has 45 heavy (non-hydrogen) atoms. The van der Waals surface area contributed by atoms with Gasteiger partial charge in [0.05, 0.1) is 31.9 Å². The van der Waals surface area contributed by atoms with Gasteiger partial charge in [-0.2, -0.15) is 0 Å². The summed E-state index contributed by atoms with van der Waals surface area (Å²) in [5, 5.41) is 0. The van der Waals surface area contributed by atoms with Crippen LogP contribution in [0.15, 0.2) is 149 Å². The molecule has 0 unspecified atom stereocenters. The van der Waals surface area contributed by atoms with Crippen molar-refractivity contribution >= 4 is 20.9 Å². The van der Waals surface area contributed by atoms with Gasteiger partial charge in [0.15, 0.2) is 0 Å². The van der Waals surface area contributed by atoms with Crippen LogP contribution in [0.4, 0.5) is 0 Å². The van der Waals surface area contributed by atoms with Crippen molar-refractivity contribution in [2.24, 2.45) is 0 Å². The number of aromatic nitrogens is 2. The molecule has 0 radical (unpaired) electrons. The Balaban J connectivity index is 1.30. The van der Waals surface area contributed by atoms with Gasteiger partial charge >= 0.3 is 0 Å². The van der Waals surface area contributed by atoms with Gasteiger partial charge in [0.1, 0.15) is 5.82 Å². The van der Waals surface area contributed by atoms with Crippen molar-refractivity contribution in [2.45, 2.75) is 28.6 Å². The maximum Gasteiger partial charge on any atom is 0.210 e. The fourth-order valence-electron chi connectivity index (χ4n) is 7.69. The van der Waals surface area contributed by atoms with E-state index in [0.717, 1.165) is 17.0 Å². The number of rotatable bonds is 4. The second-order valence-electron chi connectivity index (χ2n) is 11.8. The Labute approximate surface area is 262 Å². The van der Waals surface area contributed by atoms with Crippen LogP contribution in [0.3, 0.4) is 0 Å². The second-order valence-corrected chi connectivity index (χ2v) is 13.7. The molecule has 1 aliphatic carbocycles. The summed E-state index contributed by atoms with van der Waals surface area (Å²) in [6.07, 6.45) is 0.696. The van der Waals surface area contributed by atoms with Crippen LogP contribution < -0.4 is 0 Å². The molecule has 2 heterocycles. The van der Waals surface area contributed by atoms with Crippen molar-refractivity contribution in [1.29, 1.82) is 0 Å². The SMILES string of the molecule is CCc1nc2cccc3c2n1-c1ccc(-c2ccc4c(c2)C(c2ccccc2)(c2ccccc2)c2ccccc2-4)cc1S3(=O)=O. The highest BCUT2D eigenvalue weighted by Crippen LogP contribution is 2.56. The van der Waals surface area contributed by atoms with Gasteiger partial charge in [0.25, 0.3) is 0 Å². The van der Waals surface area contributed by atoms with Crippen LogP contribution >= 0.6 is 0 Å². The minimum atomic E-state index is -3.76. The maximum atomic E-state index is 14.1. The molecule has 0 amide bonds. The predicted octanol–water partition coefficient (Wildman–Crippen LogP) is 8.76. The summed E-state index contributed by atoms with van der Waals surface area (Å²) in [6.45, 7) is 2.05. The lowest BCUT2D eigenvalue weighted by molar-refractivity contribution is 0.594. The Bertz CT molecular complexity index is 2390. The van der Waals surface area contributed by atoms with Gasteiger partial charge in [-0.15, -0.1) is 0 Å². The minimum Gasteiger partial charge on any atom is -0.294 e. The molecule has 0 fully saturated rings. The molecule has 0 saturated carbocycles. The van der Waals surface area contributed by atoms with Gasteiger partial charge in [-0.05, 0) is 74.8 Å². The van der Waals surface area contributed by atoms with E-state index in [1.54, 1.807) is 12.1 Å². The Kier molecular flexibility index (Phi) is 5.45. The first kappa shape index (κ1) is 26.2. The standard InChI is InChI=1S/C40H28N2O2S/c1-2-38-41-34-18-11-19-36-39(34)42(38)35-23-21-27(25-37(35)45(36,43)44)26-20-22-31-30-16-9-10-17-32(30)40(33(31)24-26,28-12-5-3-6-13-28)29-14-7-4-8-15-29/h3-25H,2H2,1H3. The molecule has 6 aromatic carbocycles. The van der Waals surface area contributed by atoms with Crippen LogP contribution in [0, 0.1) is 0 Å². The number of hydrogen-bond acceptors (Lipinski definition) is 3. The highest BCUT2D eigenvalue weighted by Gasteiger charge is 2.46. The molecule has 1 aliphatic heterocycles. The number of aryl methyl sites for hydroxylation is 1. The van der Waals surface area contributed by atoms with E-state index < -0.39 is 15.3 Å². The zero-order chi connectivity index (χ0) is 30.3. The summed E-state index contributed by atoms with van der Waals surface area (Å²) < 4.78 is 30.3. The lowest BCUT2D eigenvalue weighted by Gasteiger charge is -2.34. The third-order valence-electron chi connectivity index (χ3n) is 9.60. The van der Waals surface area contributed by atoms with E-state index in [9.17, 15) is 8.42 Å². The van der Waals surface area contributed by atoms with E-state index in [4.69, 9.17) is 4.98 Å². The average Bonchev–Trinajstić information content (AvgIpc) is 3.62. The van der Waals surface area contributed by atoms with Gasteiger partial charge in [0, 0.05) is 6.42 Å². The topological polar surface area (TPSA) is 52.0 Å². The smallest absolute Gasteiger partial charge is 0.210 e. The van der Waals surface area contributed by atoms with Crippen molar-refractivity contribution in [1.82, 2.24) is 9.55 Å². The zero-order valence-corrected chi connectivity index (χ0v) is 25.4. The quantitative estimate of drug-likeness (QED) is 0.203. The third kappa shape index (κ3) is 3.42. The number of sulfone groups is 1. The molecule has 0 spiro atoms. The van der Waals surface area contributed by atoms with Gasteiger partial charge in [-0.3, -0.25) is 4.57 Å². The van der Waals surface area contributed by atoms with E-state index in [-0.39, 0.29) is 0 Å². The molecule has 9 rings (SSSR count). The summed E-state index contributed by atoms with van der Waals surface area (Å²) in [5.74, 6) is 0.854. The Morgan fingerprint density at radius 3 is 2.00 bits per heavy atom. The zero-order valence-electron chi connectivity index (χ0n) is 24.6. The molecule has 216 valence electrons. The molecule has 2 aliphatic rings. The maximum absolute atomic E-state index is 14.1. The van der Waals surface area contributed by atoms with E-state index in [1.165, 1.54) is 33.4 Å². The number of fused-ring (bicyclic) bond motifs is 5. The minimum absolute atomic E-state index is 0.313. The van der Waals surface area contributed by atoms with E-state index in [2.05, 4.69) is 110 Å². The van der Waals surface area contributed by atoms with Crippen LogP contribution in [0.25, 0.3) is 39.0 Å². The van der Waals surface area contributed by atoms with Crippen LogP contribution in [0.5, 0.6) is 0 Å². The number of benzene rings is 6. The summed E-state index contributed by atoms with van der Waals surface area (Å²) >= 11 is 0. The molecule has 0 saturated heterocycles. The number of para-hydroxylation sites is 1. The van der Waals surface area contributed by atoms with Crippen molar-refractivity contribution < 1.29 is 8.42 Å². The summed E-state index contributed by atoms with van der Waals surface area (Å²) in [5.41, 5.74) is 10.6. The number of nitrogens with zero attached hydrogens (tertiary/aromatic N) is 2. The van der Waals surface area contributed by atoms with E-state index in [0.29, 0.717) is 32.9 Å². The molecule has 1 aromatic heterocycles. The highest BCUT2D eigenvalue weighted by molar-refractivity contribution is 7.92. The molecular formula is C40H28N2O2S. The van der Waals surface area contributed by atoms with Crippen LogP contribution in [0.1, 0.15) is 35.0 Å². The Morgan fingerprint density at radius 2 is 1.27 bits per heavy atom. The molecule has 0 N–H and O–H groups in total. The monoisotopic (exact) mass is 600 g/mol. The molecule has 5 heteroatoms. The predicted molar refractivity (Wildman–Crippen MR) is 179 cm³/mol. The fraction of sp³-hybridized carbons (Fsp3) is 0.0750. The number of imidazole rings is 1. The average molecular weight is 601 g/mol. The lowest BCUT2D eigenvalue weighted by atomic mass is 9.67. The van der Waals surface area contributed by atoms with Crippen molar-refractivity contribution in [3.05, 3.63) is 168 Å². The molecule has 7 aromatic rings. The van der Waals surface area contributed by atoms with Crippen molar-refractivity contribution in [3.8, 4) is 27.9 Å². The van der Waals surface area contributed by atoms with Gasteiger partial charge in [-0.25, -0.2) is 13.4 Å². The van der Waals surface area contributed by atoms with E-state index >= 15 is 0 Å². The fourth-order valence-corrected chi connectivity index (χ4v) is 9.36. The molecule has 0 bridgehead atoms. The van der Waals surface area contributed by atoms with E-state index in [1.807, 2.05) is 28.8 Å². The molecule has 0 atom stereocenters. The molecule has 4 nitrogen and oxygen atoms in total. The summed E-state index contributed by atoms with van der Waals surface area (Å²) in [7, 11) is -3.76. The summed E-state index contributed by atoms with van der Waals surface area (Å²) in [4.78, 5) is 5.41. The van der Waals surface area contributed by atoms with Crippen LogP contribution in [-0.4, -0.2) is 18.0 Å². The van der Waals surface area contributed by atoms with Crippen LogP contribution in [0.2, 0.25) is 0 Å². The van der Waals surface area contributed by atoms with Crippen molar-refractivity contribution in [3.63, 3.8) is 0 Å². The lowest BCUT2D eigenvalue weighted by Crippen LogP contribution is -2.28. The van der Waals surface area contributed by atoms with Gasteiger partial charge in [-0.1, -0.05) is 116 Å². The first-order valence-corrected chi connectivity index (χ1v) is 16.8. The Morgan fingerprint density at radius 1 is 0.622 bits per heavy atom. The second kappa shape index (κ2) is 9.37.